The molecule has 4 aromatic rings. The molecule has 0 aliphatic carbocycles. The van der Waals surface area contributed by atoms with Crippen LogP contribution in [0.15, 0.2) is 47.4 Å². The molecular weight excluding hydrogens is 414 g/mol. The Morgan fingerprint density at radius 3 is 2.58 bits per heavy atom. The summed E-state index contributed by atoms with van der Waals surface area (Å²) in [5, 5.41) is 0.505. The number of hydrogen-bond donors (Lipinski definition) is 0. The van der Waals surface area contributed by atoms with Crippen LogP contribution in [0.4, 0.5) is 0 Å². The van der Waals surface area contributed by atoms with E-state index >= 15 is 0 Å². The van der Waals surface area contributed by atoms with Crippen molar-refractivity contribution in [2.24, 2.45) is 5.92 Å². The topological polar surface area (TPSA) is 73.0 Å². The lowest BCUT2D eigenvalue weighted by atomic mass is 9.96. The fourth-order valence-electron chi connectivity index (χ4n) is 4.93. The highest BCUT2D eigenvalue weighted by atomic mass is 16.2. The second-order valence-corrected chi connectivity index (χ2v) is 8.98. The zero-order chi connectivity index (χ0) is 23.1. The molecule has 0 atom stereocenters. The van der Waals surface area contributed by atoms with E-state index in [9.17, 15) is 9.59 Å². The number of rotatable bonds is 4. The van der Waals surface area contributed by atoms with Gasteiger partial charge in [0.25, 0.3) is 5.91 Å². The molecule has 1 fully saturated rings. The molecule has 0 unspecified atom stereocenters. The van der Waals surface area contributed by atoms with E-state index in [1.165, 1.54) is 0 Å². The minimum atomic E-state index is -0.227. The molecule has 1 aliphatic rings. The van der Waals surface area contributed by atoms with Crippen LogP contribution in [0.3, 0.4) is 0 Å². The van der Waals surface area contributed by atoms with Gasteiger partial charge in [0.2, 0.25) is 5.43 Å². The standard InChI is InChI=1S/C26H29N5O2/c1-4-29-16-21(24(32)20-10-9-17(2)27-25(20)29)26(33)30-13-11-19(12-14-30)15-31-18(3)28-22-7-5-6-8-23(22)31/h5-10,16,19H,4,11-15H2,1-3H3. The van der Waals surface area contributed by atoms with Crippen LogP contribution in [0.25, 0.3) is 22.1 Å². The third kappa shape index (κ3) is 3.81. The molecule has 170 valence electrons. The number of para-hydroxylation sites is 2. The average Bonchev–Trinajstić information content (AvgIpc) is 3.14. The van der Waals surface area contributed by atoms with E-state index in [0.29, 0.717) is 36.6 Å². The zero-order valence-electron chi connectivity index (χ0n) is 19.4. The fourth-order valence-corrected chi connectivity index (χ4v) is 4.93. The number of aryl methyl sites for hydroxylation is 3. The molecule has 1 aromatic carbocycles. The Morgan fingerprint density at radius 2 is 1.82 bits per heavy atom. The van der Waals surface area contributed by atoms with Crippen LogP contribution in [0, 0.1) is 19.8 Å². The number of carbonyl (C=O) groups excluding carboxylic acids is 1. The Balaban J connectivity index is 1.34. The second-order valence-electron chi connectivity index (χ2n) is 8.98. The van der Waals surface area contributed by atoms with E-state index in [4.69, 9.17) is 0 Å². The smallest absolute Gasteiger partial charge is 0.259 e. The summed E-state index contributed by atoms with van der Waals surface area (Å²) in [4.78, 5) is 37.5. The van der Waals surface area contributed by atoms with Gasteiger partial charge in [0.15, 0.2) is 0 Å². The van der Waals surface area contributed by atoms with E-state index in [-0.39, 0.29) is 16.9 Å². The maximum absolute atomic E-state index is 13.3. The lowest BCUT2D eigenvalue weighted by Crippen LogP contribution is -2.41. The Hall–Kier alpha value is -3.48. The molecule has 7 heteroatoms. The van der Waals surface area contributed by atoms with Crippen molar-refractivity contribution >= 4 is 28.0 Å². The van der Waals surface area contributed by atoms with Crippen molar-refractivity contribution in [1.29, 1.82) is 0 Å². The first kappa shape index (κ1) is 21.4. The highest BCUT2D eigenvalue weighted by Gasteiger charge is 2.27. The Kier molecular flexibility index (Phi) is 5.48. The van der Waals surface area contributed by atoms with Gasteiger partial charge in [-0.3, -0.25) is 9.59 Å². The van der Waals surface area contributed by atoms with Gasteiger partial charge in [-0.05, 0) is 63.8 Å². The Bertz CT molecular complexity index is 1410. The molecule has 0 bridgehead atoms. The monoisotopic (exact) mass is 443 g/mol. The molecule has 33 heavy (non-hydrogen) atoms. The first-order valence-corrected chi connectivity index (χ1v) is 11.7. The molecule has 4 heterocycles. The van der Waals surface area contributed by atoms with Gasteiger partial charge in [-0.15, -0.1) is 0 Å². The third-order valence-corrected chi connectivity index (χ3v) is 6.82. The van der Waals surface area contributed by atoms with Gasteiger partial charge >= 0.3 is 0 Å². The number of carbonyl (C=O) groups is 1. The number of nitrogens with zero attached hydrogens (tertiary/aromatic N) is 5. The van der Waals surface area contributed by atoms with Gasteiger partial charge in [0.1, 0.15) is 17.0 Å². The van der Waals surface area contributed by atoms with Crippen LogP contribution in [0.2, 0.25) is 0 Å². The summed E-state index contributed by atoms with van der Waals surface area (Å²) in [6.07, 6.45) is 3.51. The van der Waals surface area contributed by atoms with Gasteiger partial charge in [-0.25, -0.2) is 9.97 Å². The van der Waals surface area contributed by atoms with E-state index < -0.39 is 0 Å². The molecule has 3 aromatic heterocycles. The van der Waals surface area contributed by atoms with Gasteiger partial charge in [-0.1, -0.05) is 12.1 Å². The van der Waals surface area contributed by atoms with Crippen molar-refractivity contribution in [3.05, 3.63) is 69.9 Å². The first-order chi connectivity index (χ1) is 16.0. The quantitative estimate of drug-likeness (QED) is 0.479. The molecule has 0 radical (unpaired) electrons. The molecule has 7 nitrogen and oxygen atoms in total. The van der Waals surface area contributed by atoms with Crippen molar-refractivity contribution in [3.8, 4) is 0 Å². The van der Waals surface area contributed by atoms with Gasteiger partial charge in [0.05, 0.1) is 16.4 Å². The van der Waals surface area contributed by atoms with Crippen molar-refractivity contribution < 1.29 is 4.79 Å². The van der Waals surface area contributed by atoms with Crippen LogP contribution >= 0.6 is 0 Å². The summed E-state index contributed by atoms with van der Waals surface area (Å²) in [5.41, 5.74) is 3.69. The van der Waals surface area contributed by atoms with Gasteiger partial charge < -0.3 is 14.0 Å². The number of pyridine rings is 2. The molecule has 0 spiro atoms. The van der Waals surface area contributed by atoms with E-state index in [2.05, 4.69) is 20.6 Å². The number of hydrogen-bond acceptors (Lipinski definition) is 4. The summed E-state index contributed by atoms with van der Waals surface area (Å²) in [7, 11) is 0. The summed E-state index contributed by atoms with van der Waals surface area (Å²) < 4.78 is 4.19. The Morgan fingerprint density at radius 1 is 1.06 bits per heavy atom. The number of likely N-dealkylation sites (tertiary alicyclic amines) is 1. The predicted octanol–water partition coefficient (Wildman–Crippen LogP) is 3.94. The van der Waals surface area contributed by atoms with E-state index in [0.717, 1.165) is 41.9 Å². The van der Waals surface area contributed by atoms with Crippen molar-refractivity contribution in [3.63, 3.8) is 0 Å². The van der Waals surface area contributed by atoms with Crippen LogP contribution in [-0.4, -0.2) is 43.0 Å². The largest absolute Gasteiger partial charge is 0.338 e. The minimum Gasteiger partial charge on any atom is -0.338 e. The van der Waals surface area contributed by atoms with Crippen molar-refractivity contribution in [2.75, 3.05) is 13.1 Å². The lowest BCUT2D eigenvalue weighted by molar-refractivity contribution is 0.0681. The molecule has 1 amide bonds. The molecule has 0 N–H and O–H groups in total. The van der Waals surface area contributed by atoms with E-state index in [1.54, 1.807) is 12.3 Å². The average molecular weight is 444 g/mol. The SMILES string of the molecule is CCn1cc(C(=O)N2CCC(Cn3c(C)nc4ccccc43)CC2)c(=O)c2ccc(C)nc21. The van der Waals surface area contributed by atoms with Crippen LogP contribution in [-0.2, 0) is 13.1 Å². The Labute approximate surface area is 192 Å². The molecular formula is C26H29N5O2. The van der Waals surface area contributed by atoms with Crippen molar-refractivity contribution in [2.45, 2.75) is 46.7 Å². The first-order valence-electron chi connectivity index (χ1n) is 11.7. The van der Waals surface area contributed by atoms with Crippen LogP contribution in [0.5, 0.6) is 0 Å². The number of piperidine rings is 1. The molecule has 0 saturated carbocycles. The predicted molar refractivity (Wildman–Crippen MR) is 130 cm³/mol. The van der Waals surface area contributed by atoms with Crippen molar-refractivity contribution in [1.82, 2.24) is 24.0 Å². The highest BCUT2D eigenvalue weighted by Crippen LogP contribution is 2.24. The summed E-state index contributed by atoms with van der Waals surface area (Å²) in [5.74, 6) is 1.32. The van der Waals surface area contributed by atoms with Crippen LogP contribution in [0.1, 0.15) is 41.6 Å². The van der Waals surface area contributed by atoms with Crippen LogP contribution < -0.4 is 5.43 Å². The number of amides is 1. The minimum absolute atomic E-state index is 0.174. The van der Waals surface area contributed by atoms with E-state index in [1.807, 2.05) is 54.5 Å². The number of fused-ring (bicyclic) bond motifs is 2. The molecule has 5 rings (SSSR count). The lowest BCUT2D eigenvalue weighted by Gasteiger charge is -2.32. The third-order valence-electron chi connectivity index (χ3n) is 6.82. The normalized spacial score (nSPS) is 14.9. The summed E-state index contributed by atoms with van der Waals surface area (Å²) in [6, 6.07) is 11.8. The number of benzene rings is 1. The number of imidazole rings is 1. The van der Waals surface area contributed by atoms with Gasteiger partial charge in [0, 0.05) is 38.1 Å². The maximum atomic E-state index is 13.3. The number of aromatic nitrogens is 4. The zero-order valence-corrected chi connectivity index (χ0v) is 19.4. The molecule has 1 aliphatic heterocycles. The highest BCUT2D eigenvalue weighted by molar-refractivity contribution is 5.97. The van der Waals surface area contributed by atoms with Gasteiger partial charge in [-0.2, -0.15) is 0 Å². The maximum Gasteiger partial charge on any atom is 0.259 e. The summed E-state index contributed by atoms with van der Waals surface area (Å²) >= 11 is 0. The summed E-state index contributed by atoms with van der Waals surface area (Å²) in [6.45, 7) is 8.81. The molecule has 1 saturated heterocycles. The fraction of sp³-hybridized carbons (Fsp3) is 0.385. The second kappa shape index (κ2) is 8.46.